The predicted octanol–water partition coefficient (Wildman–Crippen LogP) is 2.72. The number of hydrogen-bond donors (Lipinski definition) is 1. The minimum Gasteiger partial charge on any atom is -0.330 e. The van der Waals surface area contributed by atoms with Gasteiger partial charge in [0, 0.05) is 12.0 Å². The molecule has 1 unspecified atom stereocenters. The highest BCUT2D eigenvalue weighted by Crippen LogP contribution is 2.53. The van der Waals surface area contributed by atoms with Crippen LogP contribution in [-0.4, -0.2) is 6.54 Å². The maximum absolute atomic E-state index is 13.2. The lowest BCUT2D eigenvalue weighted by Gasteiger charge is -2.14. The Bertz CT molecular complexity index is 362. The second kappa shape index (κ2) is 3.21. The molecular weight excluding hydrogens is 201 g/mol. The minimum atomic E-state index is -0.351. The molecule has 2 atom stereocenters. The highest BCUT2D eigenvalue weighted by molar-refractivity contribution is 6.30. The van der Waals surface area contributed by atoms with Crippen LogP contribution in [0.3, 0.4) is 0 Å². The number of hydrogen-bond acceptors (Lipinski definition) is 1. The van der Waals surface area contributed by atoms with Crippen LogP contribution in [0.25, 0.3) is 0 Å². The Kier molecular flexibility index (Phi) is 2.28. The average molecular weight is 214 g/mol. The van der Waals surface area contributed by atoms with E-state index in [1.54, 1.807) is 6.07 Å². The smallest absolute Gasteiger partial charge is 0.142 e. The zero-order chi connectivity index (χ0) is 10.3. The number of nitrogens with two attached hydrogens (primary N) is 1. The SMILES string of the molecule is C[C@H]1CC1(CN)c1ccc(Cl)c(F)c1. The average Bonchev–Trinajstić information content (AvgIpc) is 2.83. The van der Waals surface area contributed by atoms with E-state index >= 15 is 0 Å². The maximum Gasteiger partial charge on any atom is 0.142 e. The molecule has 2 N–H and O–H groups in total. The third-order valence-electron chi connectivity index (χ3n) is 3.31. The fraction of sp³-hybridized carbons (Fsp3) is 0.455. The van der Waals surface area contributed by atoms with Crippen molar-refractivity contribution in [3.63, 3.8) is 0 Å². The fourth-order valence-electron chi connectivity index (χ4n) is 2.10. The molecule has 0 radical (unpaired) electrons. The molecule has 0 heterocycles. The first-order valence-corrected chi connectivity index (χ1v) is 5.13. The zero-order valence-electron chi connectivity index (χ0n) is 8.06. The van der Waals surface area contributed by atoms with Gasteiger partial charge in [-0.3, -0.25) is 0 Å². The normalized spacial score (nSPS) is 30.4. The predicted molar refractivity (Wildman–Crippen MR) is 55.9 cm³/mol. The molecule has 1 nitrogen and oxygen atoms in total. The Morgan fingerprint density at radius 3 is 2.71 bits per heavy atom. The molecule has 14 heavy (non-hydrogen) atoms. The van der Waals surface area contributed by atoms with Crippen LogP contribution in [0.15, 0.2) is 18.2 Å². The molecule has 1 aliphatic rings. The summed E-state index contributed by atoms with van der Waals surface area (Å²) in [5, 5.41) is 0.175. The molecular formula is C11H13ClFN. The molecule has 2 rings (SSSR count). The van der Waals surface area contributed by atoms with Gasteiger partial charge in [-0.15, -0.1) is 0 Å². The molecule has 1 aromatic rings. The molecule has 0 saturated heterocycles. The van der Waals surface area contributed by atoms with Gasteiger partial charge in [0.1, 0.15) is 5.82 Å². The van der Waals surface area contributed by atoms with Crippen molar-refractivity contribution < 1.29 is 4.39 Å². The maximum atomic E-state index is 13.2. The molecule has 3 heteroatoms. The molecule has 0 aromatic heterocycles. The molecule has 1 saturated carbocycles. The number of halogens is 2. The van der Waals surface area contributed by atoms with Crippen molar-refractivity contribution in [1.29, 1.82) is 0 Å². The summed E-state index contributed by atoms with van der Waals surface area (Å²) in [6, 6.07) is 5.00. The summed E-state index contributed by atoms with van der Waals surface area (Å²) in [5.41, 5.74) is 6.71. The molecule has 1 aliphatic carbocycles. The summed E-state index contributed by atoms with van der Waals surface area (Å²) in [5.74, 6) is 0.198. The lowest BCUT2D eigenvalue weighted by atomic mass is 9.94. The highest BCUT2D eigenvalue weighted by Gasteiger charge is 2.51. The number of rotatable bonds is 2. The molecule has 1 fully saturated rings. The first-order valence-electron chi connectivity index (χ1n) is 4.76. The van der Waals surface area contributed by atoms with Crippen molar-refractivity contribution in [2.45, 2.75) is 18.8 Å². The third kappa shape index (κ3) is 1.33. The van der Waals surface area contributed by atoms with Crippen molar-refractivity contribution in [1.82, 2.24) is 0 Å². The summed E-state index contributed by atoms with van der Waals surface area (Å²) in [4.78, 5) is 0. The van der Waals surface area contributed by atoms with E-state index in [0.717, 1.165) is 12.0 Å². The van der Waals surface area contributed by atoms with E-state index in [1.165, 1.54) is 6.07 Å². The van der Waals surface area contributed by atoms with Crippen LogP contribution in [0.4, 0.5) is 4.39 Å². The van der Waals surface area contributed by atoms with Gasteiger partial charge in [0.25, 0.3) is 0 Å². The van der Waals surface area contributed by atoms with Crippen LogP contribution >= 0.6 is 11.6 Å². The second-order valence-electron chi connectivity index (χ2n) is 4.09. The van der Waals surface area contributed by atoms with Gasteiger partial charge in [0.05, 0.1) is 5.02 Å². The fourth-order valence-corrected chi connectivity index (χ4v) is 2.22. The standard InChI is InChI=1S/C11H13ClFN/c1-7-5-11(7,6-14)8-2-3-9(12)10(13)4-8/h2-4,7H,5-6,14H2,1H3/t7-,11?/m0/s1. The van der Waals surface area contributed by atoms with E-state index in [4.69, 9.17) is 17.3 Å². The first-order chi connectivity index (χ1) is 6.60. The van der Waals surface area contributed by atoms with E-state index in [2.05, 4.69) is 6.92 Å². The van der Waals surface area contributed by atoms with Crippen molar-refractivity contribution in [3.8, 4) is 0 Å². The zero-order valence-corrected chi connectivity index (χ0v) is 8.81. The first kappa shape index (κ1) is 9.94. The Morgan fingerprint density at radius 1 is 1.64 bits per heavy atom. The van der Waals surface area contributed by atoms with E-state index in [1.807, 2.05) is 6.07 Å². The molecule has 0 spiro atoms. The summed E-state index contributed by atoms with van der Waals surface area (Å²) < 4.78 is 13.2. The second-order valence-corrected chi connectivity index (χ2v) is 4.50. The van der Waals surface area contributed by atoms with Crippen LogP contribution in [-0.2, 0) is 5.41 Å². The molecule has 0 amide bonds. The summed E-state index contributed by atoms with van der Waals surface area (Å²) >= 11 is 5.62. The van der Waals surface area contributed by atoms with Crippen LogP contribution in [0.2, 0.25) is 5.02 Å². The molecule has 0 aliphatic heterocycles. The lowest BCUT2D eigenvalue weighted by Crippen LogP contribution is -2.22. The van der Waals surface area contributed by atoms with E-state index < -0.39 is 0 Å². The van der Waals surface area contributed by atoms with Crippen molar-refractivity contribution in [3.05, 3.63) is 34.6 Å². The van der Waals surface area contributed by atoms with E-state index in [-0.39, 0.29) is 16.3 Å². The van der Waals surface area contributed by atoms with Gasteiger partial charge in [-0.2, -0.15) is 0 Å². The largest absolute Gasteiger partial charge is 0.330 e. The van der Waals surface area contributed by atoms with E-state index in [9.17, 15) is 4.39 Å². The number of benzene rings is 1. The third-order valence-corrected chi connectivity index (χ3v) is 3.62. The quantitative estimate of drug-likeness (QED) is 0.803. The van der Waals surface area contributed by atoms with E-state index in [0.29, 0.717) is 12.5 Å². The van der Waals surface area contributed by atoms with Crippen LogP contribution < -0.4 is 5.73 Å². The Hall–Kier alpha value is -0.600. The summed E-state index contributed by atoms with van der Waals surface area (Å²) in [7, 11) is 0. The Balaban J connectivity index is 2.38. The van der Waals surface area contributed by atoms with Crippen LogP contribution in [0, 0.1) is 11.7 Å². The topological polar surface area (TPSA) is 26.0 Å². The van der Waals surface area contributed by atoms with Gasteiger partial charge in [0.15, 0.2) is 0 Å². The van der Waals surface area contributed by atoms with Gasteiger partial charge in [-0.25, -0.2) is 4.39 Å². The Labute approximate surface area is 88.1 Å². The molecule has 76 valence electrons. The highest BCUT2D eigenvalue weighted by atomic mass is 35.5. The lowest BCUT2D eigenvalue weighted by molar-refractivity contribution is 0.604. The monoisotopic (exact) mass is 213 g/mol. The van der Waals surface area contributed by atoms with Gasteiger partial charge in [-0.05, 0) is 30.0 Å². The van der Waals surface area contributed by atoms with Crippen molar-refractivity contribution in [2.24, 2.45) is 11.7 Å². The molecule has 0 bridgehead atoms. The van der Waals surface area contributed by atoms with Crippen LogP contribution in [0.1, 0.15) is 18.9 Å². The molecule has 1 aromatic carbocycles. The van der Waals surface area contributed by atoms with Gasteiger partial charge >= 0.3 is 0 Å². The summed E-state index contributed by atoms with van der Waals surface area (Å²) in [6.45, 7) is 2.72. The van der Waals surface area contributed by atoms with Crippen molar-refractivity contribution >= 4 is 11.6 Å². The van der Waals surface area contributed by atoms with Gasteiger partial charge < -0.3 is 5.73 Å². The van der Waals surface area contributed by atoms with Crippen LogP contribution in [0.5, 0.6) is 0 Å². The van der Waals surface area contributed by atoms with Gasteiger partial charge in [-0.1, -0.05) is 24.6 Å². The van der Waals surface area contributed by atoms with Crippen molar-refractivity contribution in [2.75, 3.05) is 6.54 Å². The minimum absolute atomic E-state index is 0.00539. The van der Waals surface area contributed by atoms with Gasteiger partial charge in [0.2, 0.25) is 0 Å². The Morgan fingerprint density at radius 2 is 2.29 bits per heavy atom. The summed E-state index contributed by atoms with van der Waals surface area (Å²) in [6.07, 6.45) is 1.05.